The van der Waals surface area contributed by atoms with Crippen LogP contribution in [0, 0.1) is 11.6 Å². The summed E-state index contributed by atoms with van der Waals surface area (Å²) in [6, 6.07) is 9.28. The average Bonchev–Trinajstić information content (AvgIpc) is 2.57. The molecule has 2 aromatic carbocycles. The van der Waals surface area contributed by atoms with Crippen LogP contribution >= 0.6 is 24.0 Å². The Morgan fingerprint density at radius 1 is 1.08 bits per heavy atom. The monoisotopic (exact) mass is 496 g/mol. The van der Waals surface area contributed by atoms with Gasteiger partial charge in [-0.1, -0.05) is 12.1 Å². The van der Waals surface area contributed by atoms with Crippen LogP contribution in [0.5, 0.6) is 0 Å². The van der Waals surface area contributed by atoms with Crippen molar-refractivity contribution in [2.45, 2.75) is 18.0 Å². The number of aliphatic imine (C=N–C) groups is 1. The minimum Gasteiger partial charge on any atom is -0.352 e. The summed E-state index contributed by atoms with van der Waals surface area (Å²) >= 11 is 0. The Hall–Kier alpha value is -1.79. The van der Waals surface area contributed by atoms with Crippen molar-refractivity contribution in [1.82, 2.24) is 10.6 Å². The molecule has 0 amide bonds. The Bertz CT molecular complexity index is 874. The Kier molecular flexibility index (Phi) is 8.37. The molecular formula is C16H19F2IN4O2S. The lowest BCUT2D eigenvalue weighted by molar-refractivity contribution is 0.581. The molecule has 0 aliphatic heterocycles. The first-order valence-electron chi connectivity index (χ1n) is 7.30. The highest BCUT2D eigenvalue weighted by molar-refractivity contribution is 14.0. The number of nitrogens with zero attached hydrogens (tertiary/aromatic N) is 1. The van der Waals surface area contributed by atoms with E-state index in [2.05, 4.69) is 15.6 Å². The van der Waals surface area contributed by atoms with E-state index in [-0.39, 0.29) is 41.0 Å². The first kappa shape index (κ1) is 22.3. The molecule has 4 N–H and O–H groups in total. The van der Waals surface area contributed by atoms with Crippen LogP contribution in [0.15, 0.2) is 52.4 Å². The Balaban J connectivity index is 0.00000338. The van der Waals surface area contributed by atoms with Crippen LogP contribution in [0.4, 0.5) is 8.78 Å². The Morgan fingerprint density at radius 3 is 2.27 bits per heavy atom. The second-order valence-electron chi connectivity index (χ2n) is 5.20. The number of guanidine groups is 1. The van der Waals surface area contributed by atoms with Crippen LogP contribution in [-0.2, 0) is 23.1 Å². The van der Waals surface area contributed by atoms with Gasteiger partial charge in [-0.25, -0.2) is 22.3 Å². The number of sulfonamides is 1. The number of hydrogen-bond donors (Lipinski definition) is 3. The van der Waals surface area contributed by atoms with E-state index in [1.165, 1.54) is 12.1 Å². The van der Waals surface area contributed by atoms with Gasteiger partial charge in [0.05, 0.1) is 4.90 Å². The fraction of sp³-hybridized carbons (Fsp3) is 0.188. The summed E-state index contributed by atoms with van der Waals surface area (Å²) in [6.07, 6.45) is 0. The van der Waals surface area contributed by atoms with E-state index in [4.69, 9.17) is 5.14 Å². The first-order chi connectivity index (χ1) is 11.8. The van der Waals surface area contributed by atoms with Crippen molar-refractivity contribution >= 4 is 40.0 Å². The highest BCUT2D eigenvalue weighted by atomic mass is 127. The number of rotatable bonds is 5. The van der Waals surface area contributed by atoms with Crippen molar-refractivity contribution in [1.29, 1.82) is 0 Å². The number of benzene rings is 2. The largest absolute Gasteiger partial charge is 0.352 e. The lowest BCUT2D eigenvalue weighted by atomic mass is 10.2. The van der Waals surface area contributed by atoms with Gasteiger partial charge in [-0.2, -0.15) is 0 Å². The molecule has 0 saturated carbocycles. The van der Waals surface area contributed by atoms with Gasteiger partial charge in [0.25, 0.3) is 0 Å². The van der Waals surface area contributed by atoms with Gasteiger partial charge < -0.3 is 10.6 Å². The standard InChI is InChI=1S/C16H18F2N4O2S.HI/c1-20-16(22-10-12-8-13(17)4-7-15(12)18)21-9-11-2-5-14(6-3-11)25(19,23)24;/h2-8H,9-10H2,1H3,(H2,19,23,24)(H2,20,21,22);1H. The molecule has 0 radical (unpaired) electrons. The van der Waals surface area contributed by atoms with Gasteiger partial charge in [0.1, 0.15) is 11.6 Å². The minimum absolute atomic E-state index is 0. The molecule has 0 atom stereocenters. The third-order valence-electron chi connectivity index (χ3n) is 3.39. The van der Waals surface area contributed by atoms with E-state index in [9.17, 15) is 17.2 Å². The lowest BCUT2D eigenvalue weighted by Gasteiger charge is -2.12. The second kappa shape index (κ2) is 9.78. The van der Waals surface area contributed by atoms with E-state index >= 15 is 0 Å². The van der Waals surface area contributed by atoms with Gasteiger partial charge in [-0.15, -0.1) is 24.0 Å². The van der Waals surface area contributed by atoms with E-state index in [0.717, 1.165) is 23.8 Å². The van der Waals surface area contributed by atoms with Gasteiger partial charge in [0.2, 0.25) is 10.0 Å². The summed E-state index contributed by atoms with van der Waals surface area (Å²) in [4.78, 5) is 4.02. The van der Waals surface area contributed by atoms with Crippen molar-refractivity contribution in [3.63, 3.8) is 0 Å². The normalized spacial score (nSPS) is 11.6. The predicted octanol–water partition coefficient (Wildman–Crippen LogP) is 2.10. The van der Waals surface area contributed by atoms with E-state index < -0.39 is 21.7 Å². The van der Waals surface area contributed by atoms with Crippen LogP contribution in [-0.4, -0.2) is 21.4 Å². The average molecular weight is 496 g/mol. The van der Waals surface area contributed by atoms with Crippen LogP contribution in [0.25, 0.3) is 0 Å². The SMILES string of the molecule is CN=C(NCc1ccc(S(N)(=O)=O)cc1)NCc1cc(F)ccc1F.I. The second-order valence-corrected chi connectivity index (χ2v) is 6.77. The quantitative estimate of drug-likeness (QED) is 0.336. The third kappa shape index (κ3) is 6.50. The smallest absolute Gasteiger partial charge is 0.238 e. The van der Waals surface area contributed by atoms with Crippen molar-refractivity contribution in [3.8, 4) is 0 Å². The Morgan fingerprint density at radius 2 is 1.69 bits per heavy atom. The molecule has 0 aliphatic carbocycles. The topological polar surface area (TPSA) is 96.6 Å². The maximum Gasteiger partial charge on any atom is 0.238 e. The molecule has 142 valence electrons. The van der Waals surface area contributed by atoms with Gasteiger partial charge >= 0.3 is 0 Å². The number of primary sulfonamides is 1. The van der Waals surface area contributed by atoms with Crippen molar-refractivity contribution in [2.75, 3.05) is 7.05 Å². The fourth-order valence-electron chi connectivity index (χ4n) is 2.06. The van der Waals surface area contributed by atoms with Gasteiger partial charge in [-0.05, 0) is 35.9 Å². The molecule has 2 rings (SSSR count). The van der Waals surface area contributed by atoms with Crippen molar-refractivity contribution in [3.05, 3.63) is 65.2 Å². The van der Waals surface area contributed by atoms with Crippen LogP contribution in [0.2, 0.25) is 0 Å². The van der Waals surface area contributed by atoms with Crippen molar-refractivity contribution in [2.24, 2.45) is 10.1 Å². The van der Waals surface area contributed by atoms with Crippen LogP contribution in [0.3, 0.4) is 0 Å². The van der Waals surface area contributed by atoms with Crippen LogP contribution in [0.1, 0.15) is 11.1 Å². The van der Waals surface area contributed by atoms with E-state index in [1.54, 1.807) is 19.2 Å². The zero-order valence-electron chi connectivity index (χ0n) is 13.9. The zero-order valence-corrected chi connectivity index (χ0v) is 17.0. The highest BCUT2D eigenvalue weighted by Crippen LogP contribution is 2.10. The predicted molar refractivity (Wildman–Crippen MR) is 107 cm³/mol. The number of hydrogen-bond acceptors (Lipinski definition) is 3. The molecule has 0 aromatic heterocycles. The Labute approximate surface area is 168 Å². The maximum atomic E-state index is 13.6. The summed E-state index contributed by atoms with van der Waals surface area (Å²) in [7, 11) is -2.18. The first-order valence-corrected chi connectivity index (χ1v) is 8.84. The minimum atomic E-state index is -3.73. The lowest BCUT2D eigenvalue weighted by Crippen LogP contribution is -2.36. The molecule has 0 heterocycles. The van der Waals surface area contributed by atoms with E-state index in [1.807, 2.05) is 0 Å². The molecule has 0 spiro atoms. The molecule has 6 nitrogen and oxygen atoms in total. The number of nitrogens with two attached hydrogens (primary N) is 1. The fourth-order valence-corrected chi connectivity index (χ4v) is 2.58. The molecule has 0 bridgehead atoms. The number of halogens is 3. The molecule has 0 saturated heterocycles. The molecule has 2 aromatic rings. The third-order valence-corrected chi connectivity index (χ3v) is 4.32. The summed E-state index contributed by atoms with van der Waals surface area (Å²) in [5.74, 6) is -0.641. The molecule has 0 fully saturated rings. The molecule has 26 heavy (non-hydrogen) atoms. The molecule has 0 aliphatic rings. The van der Waals surface area contributed by atoms with Crippen molar-refractivity contribution < 1.29 is 17.2 Å². The van der Waals surface area contributed by atoms with Gasteiger partial charge in [-0.3, -0.25) is 4.99 Å². The molecule has 10 heteroatoms. The van der Waals surface area contributed by atoms with E-state index in [0.29, 0.717) is 12.5 Å². The zero-order chi connectivity index (χ0) is 18.4. The van der Waals surface area contributed by atoms with Gasteiger partial charge in [0, 0.05) is 25.7 Å². The van der Waals surface area contributed by atoms with Crippen LogP contribution < -0.4 is 15.8 Å². The summed E-state index contributed by atoms with van der Waals surface area (Å²) in [6.45, 7) is 0.420. The summed E-state index contributed by atoms with van der Waals surface area (Å²) < 4.78 is 49.1. The molecule has 0 unspecified atom stereocenters. The summed E-state index contributed by atoms with van der Waals surface area (Å²) in [5, 5.41) is 10.9. The summed E-state index contributed by atoms with van der Waals surface area (Å²) in [5.41, 5.74) is 0.979. The number of nitrogens with one attached hydrogen (secondary N) is 2. The maximum absolute atomic E-state index is 13.6. The molecular weight excluding hydrogens is 477 g/mol. The van der Waals surface area contributed by atoms with Gasteiger partial charge in [0.15, 0.2) is 5.96 Å². The highest BCUT2D eigenvalue weighted by Gasteiger charge is 2.08.